The van der Waals surface area contributed by atoms with Crippen LogP contribution in [0.15, 0.2) is 0 Å². The zero-order valence-corrected chi connectivity index (χ0v) is 14.4. The van der Waals surface area contributed by atoms with Crippen LogP contribution in [0.4, 0.5) is 0 Å². The molecule has 1 saturated heterocycles. The molecule has 0 atom stereocenters. The SMILES string of the molecule is CN1CCN(C(=S)NCC(C)(C)CC(C)(C)C)CC1.[HH]. The number of rotatable bonds is 3. The van der Waals surface area contributed by atoms with Crippen LogP contribution in [0.1, 0.15) is 42.5 Å². The van der Waals surface area contributed by atoms with Crippen molar-refractivity contribution in [3.8, 4) is 0 Å². The lowest BCUT2D eigenvalue weighted by atomic mass is 9.76. The van der Waals surface area contributed by atoms with Gasteiger partial charge in [-0.25, -0.2) is 0 Å². The lowest BCUT2D eigenvalue weighted by Gasteiger charge is -2.37. The molecule has 19 heavy (non-hydrogen) atoms. The molecule has 0 radical (unpaired) electrons. The predicted molar refractivity (Wildman–Crippen MR) is 89.6 cm³/mol. The molecule has 0 aromatic rings. The van der Waals surface area contributed by atoms with Crippen molar-refractivity contribution < 1.29 is 1.43 Å². The lowest BCUT2D eigenvalue weighted by Crippen LogP contribution is -2.51. The molecule has 0 unspecified atom stereocenters. The highest BCUT2D eigenvalue weighted by Crippen LogP contribution is 2.32. The summed E-state index contributed by atoms with van der Waals surface area (Å²) in [6.45, 7) is 16.8. The van der Waals surface area contributed by atoms with Gasteiger partial charge < -0.3 is 15.1 Å². The molecule has 1 N–H and O–H groups in total. The normalized spacial score (nSPS) is 18.5. The van der Waals surface area contributed by atoms with Crippen LogP contribution in [0, 0.1) is 10.8 Å². The zero-order valence-electron chi connectivity index (χ0n) is 13.5. The van der Waals surface area contributed by atoms with Gasteiger partial charge in [0.05, 0.1) is 0 Å². The van der Waals surface area contributed by atoms with E-state index in [4.69, 9.17) is 12.2 Å². The third-order valence-electron chi connectivity index (χ3n) is 3.52. The van der Waals surface area contributed by atoms with Crippen molar-refractivity contribution in [2.24, 2.45) is 10.8 Å². The highest BCUT2D eigenvalue weighted by molar-refractivity contribution is 7.80. The standard InChI is InChI=1S/C15H31N3S.H2/c1-14(2,3)11-15(4,5)12-16-13(19)18-9-7-17(6)8-10-18;/h7-12H2,1-6H3,(H,16,19);1H. The van der Waals surface area contributed by atoms with Crippen LogP contribution in [0.3, 0.4) is 0 Å². The maximum Gasteiger partial charge on any atom is 0.169 e. The van der Waals surface area contributed by atoms with Crippen LogP contribution in [0.5, 0.6) is 0 Å². The fourth-order valence-electron chi connectivity index (χ4n) is 2.93. The predicted octanol–water partition coefficient (Wildman–Crippen LogP) is 2.82. The van der Waals surface area contributed by atoms with Gasteiger partial charge in [-0.15, -0.1) is 0 Å². The number of nitrogens with one attached hydrogen (secondary N) is 1. The van der Waals surface area contributed by atoms with Crippen LogP contribution in [-0.2, 0) is 0 Å². The second-order valence-corrected chi connectivity index (χ2v) is 8.24. The van der Waals surface area contributed by atoms with Gasteiger partial charge in [0, 0.05) is 34.2 Å². The monoisotopic (exact) mass is 287 g/mol. The van der Waals surface area contributed by atoms with Gasteiger partial charge >= 0.3 is 0 Å². The quantitative estimate of drug-likeness (QED) is 0.804. The van der Waals surface area contributed by atoms with Crippen LogP contribution in [-0.4, -0.2) is 54.7 Å². The van der Waals surface area contributed by atoms with E-state index in [1.807, 2.05) is 0 Å². The van der Waals surface area contributed by atoms with Crippen molar-refractivity contribution in [3.63, 3.8) is 0 Å². The van der Waals surface area contributed by atoms with Crippen LogP contribution < -0.4 is 5.32 Å². The molecular formula is C15H33N3S. The van der Waals surface area contributed by atoms with Crippen molar-refractivity contribution in [2.75, 3.05) is 39.8 Å². The number of hydrogen-bond acceptors (Lipinski definition) is 2. The average Bonchev–Trinajstić information content (AvgIpc) is 2.24. The van der Waals surface area contributed by atoms with E-state index in [1.54, 1.807) is 0 Å². The molecule has 1 heterocycles. The summed E-state index contributed by atoms with van der Waals surface area (Å²) < 4.78 is 0. The molecule has 0 spiro atoms. The van der Waals surface area contributed by atoms with Crippen molar-refractivity contribution >= 4 is 17.3 Å². The largest absolute Gasteiger partial charge is 0.362 e. The molecule has 1 fully saturated rings. The number of thiocarbonyl (C=S) groups is 1. The van der Waals surface area contributed by atoms with Gasteiger partial charge in [-0.1, -0.05) is 34.6 Å². The Hall–Kier alpha value is -0.350. The summed E-state index contributed by atoms with van der Waals surface area (Å²) in [5.74, 6) is 0. The van der Waals surface area contributed by atoms with Gasteiger partial charge in [0.1, 0.15) is 0 Å². The zero-order chi connectivity index (χ0) is 14.7. The average molecular weight is 288 g/mol. The van der Waals surface area contributed by atoms with Gasteiger partial charge in [0.15, 0.2) is 5.11 Å². The first kappa shape index (κ1) is 16.7. The topological polar surface area (TPSA) is 18.5 Å². The first-order chi connectivity index (χ1) is 8.59. The molecule has 4 heteroatoms. The Labute approximate surface area is 126 Å². The summed E-state index contributed by atoms with van der Waals surface area (Å²) in [5.41, 5.74) is 0.634. The maximum atomic E-state index is 5.52. The van der Waals surface area contributed by atoms with Crippen LogP contribution in [0.25, 0.3) is 0 Å². The van der Waals surface area contributed by atoms with E-state index in [0.29, 0.717) is 5.41 Å². The van der Waals surface area contributed by atoms with E-state index in [9.17, 15) is 0 Å². The highest BCUT2D eigenvalue weighted by atomic mass is 32.1. The van der Waals surface area contributed by atoms with Gasteiger partial charge in [-0.3, -0.25) is 0 Å². The molecule has 0 saturated carbocycles. The minimum atomic E-state index is 0. The van der Waals surface area contributed by atoms with Gasteiger partial charge in [-0.05, 0) is 36.5 Å². The Morgan fingerprint density at radius 3 is 2.11 bits per heavy atom. The number of likely N-dealkylation sites (N-methyl/N-ethyl adjacent to an activating group) is 1. The molecular weight excluding hydrogens is 254 g/mol. The fourth-order valence-corrected chi connectivity index (χ4v) is 3.19. The van der Waals surface area contributed by atoms with Crippen LogP contribution >= 0.6 is 12.2 Å². The Morgan fingerprint density at radius 1 is 1.11 bits per heavy atom. The van der Waals surface area contributed by atoms with E-state index < -0.39 is 0 Å². The molecule has 0 aromatic heterocycles. The van der Waals surface area contributed by atoms with E-state index >= 15 is 0 Å². The van der Waals surface area contributed by atoms with Gasteiger partial charge in [0.2, 0.25) is 0 Å². The van der Waals surface area contributed by atoms with Crippen molar-refractivity contribution in [3.05, 3.63) is 0 Å². The fraction of sp³-hybridized carbons (Fsp3) is 0.933. The van der Waals surface area contributed by atoms with E-state index in [1.165, 1.54) is 6.42 Å². The minimum Gasteiger partial charge on any atom is -0.362 e. The Balaban J connectivity index is 0.00000361. The van der Waals surface area contributed by atoms with E-state index in [-0.39, 0.29) is 6.84 Å². The third kappa shape index (κ3) is 6.57. The molecule has 0 bridgehead atoms. The Bertz CT molecular complexity index is 305. The van der Waals surface area contributed by atoms with Gasteiger partial charge in [0.25, 0.3) is 0 Å². The summed E-state index contributed by atoms with van der Waals surface area (Å²) in [7, 11) is 2.17. The number of nitrogens with zero attached hydrogens (tertiary/aromatic N) is 2. The summed E-state index contributed by atoms with van der Waals surface area (Å²) in [4.78, 5) is 4.64. The third-order valence-corrected chi connectivity index (χ3v) is 3.92. The molecule has 0 aromatic carbocycles. The molecule has 0 amide bonds. The minimum absolute atomic E-state index is 0. The molecule has 0 aliphatic carbocycles. The molecule has 1 aliphatic heterocycles. The van der Waals surface area contributed by atoms with E-state index in [0.717, 1.165) is 37.8 Å². The lowest BCUT2D eigenvalue weighted by molar-refractivity contribution is 0.200. The summed E-state index contributed by atoms with van der Waals surface area (Å²) >= 11 is 5.52. The summed E-state index contributed by atoms with van der Waals surface area (Å²) in [5, 5.41) is 4.39. The van der Waals surface area contributed by atoms with Crippen molar-refractivity contribution in [1.29, 1.82) is 0 Å². The maximum absolute atomic E-state index is 5.52. The Morgan fingerprint density at radius 2 is 1.63 bits per heavy atom. The molecule has 114 valence electrons. The smallest absolute Gasteiger partial charge is 0.169 e. The second kappa shape index (κ2) is 6.40. The molecule has 3 nitrogen and oxygen atoms in total. The first-order valence-electron chi connectivity index (χ1n) is 7.30. The highest BCUT2D eigenvalue weighted by Gasteiger charge is 2.26. The summed E-state index contributed by atoms with van der Waals surface area (Å²) in [6.07, 6.45) is 1.19. The second-order valence-electron chi connectivity index (χ2n) is 7.85. The number of piperazine rings is 1. The van der Waals surface area contributed by atoms with Crippen LogP contribution in [0.2, 0.25) is 0 Å². The van der Waals surface area contributed by atoms with E-state index in [2.05, 4.69) is 56.8 Å². The Kier molecular flexibility index (Phi) is 5.63. The van der Waals surface area contributed by atoms with Crippen molar-refractivity contribution in [2.45, 2.75) is 41.0 Å². The number of hydrogen-bond donors (Lipinski definition) is 1. The molecule has 1 rings (SSSR count). The van der Waals surface area contributed by atoms with Crippen molar-refractivity contribution in [1.82, 2.24) is 15.1 Å². The van der Waals surface area contributed by atoms with Gasteiger partial charge in [-0.2, -0.15) is 0 Å². The summed E-state index contributed by atoms with van der Waals surface area (Å²) in [6, 6.07) is 0. The first-order valence-corrected chi connectivity index (χ1v) is 7.71. The molecule has 1 aliphatic rings.